The van der Waals surface area contributed by atoms with Gasteiger partial charge < -0.3 is 14.8 Å². The van der Waals surface area contributed by atoms with E-state index in [0.717, 1.165) is 16.7 Å². The molecule has 2 N–H and O–H groups in total. The van der Waals surface area contributed by atoms with Gasteiger partial charge in [-0.25, -0.2) is 9.73 Å². The predicted octanol–water partition coefficient (Wildman–Crippen LogP) is 3.49. The third-order valence-electron chi connectivity index (χ3n) is 5.84. The van der Waals surface area contributed by atoms with Gasteiger partial charge in [-0.05, 0) is 49.4 Å². The van der Waals surface area contributed by atoms with Crippen LogP contribution in [0.3, 0.4) is 0 Å². The Morgan fingerprint density at radius 1 is 1.06 bits per heavy atom. The molecule has 0 radical (unpaired) electrons. The molecule has 176 valence electrons. The molecule has 0 aliphatic carbocycles. The van der Waals surface area contributed by atoms with Crippen LogP contribution in [0.2, 0.25) is 0 Å². The maximum Gasteiger partial charge on any atom is 0.281 e. The van der Waals surface area contributed by atoms with E-state index in [2.05, 4.69) is 20.6 Å². The molecule has 9 heteroatoms. The summed E-state index contributed by atoms with van der Waals surface area (Å²) in [4.78, 5) is 30.0. The lowest BCUT2D eigenvalue weighted by atomic mass is 10.1. The summed E-state index contributed by atoms with van der Waals surface area (Å²) >= 11 is 0. The number of hydrogen-bond donors (Lipinski definition) is 2. The number of nitrogens with zero attached hydrogens (tertiary/aromatic N) is 3. The van der Waals surface area contributed by atoms with Crippen LogP contribution < -0.4 is 20.3 Å². The monoisotopic (exact) mass is 469 g/mol. The molecule has 2 aromatic heterocycles. The zero-order chi connectivity index (χ0) is 24.5. The van der Waals surface area contributed by atoms with E-state index in [9.17, 15) is 9.59 Å². The Labute approximate surface area is 200 Å². The molecule has 0 unspecified atom stereocenters. The van der Waals surface area contributed by atoms with Crippen molar-refractivity contribution in [1.29, 1.82) is 0 Å². The largest absolute Gasteiger partial charge is 0.497 e. The van der Waals surface area contributed by atoms with Gasteiger partial charge in [-0.2, -0.15) is 10.1 Å². The van der Waals surface area contributed by atoms with Crippen molar-refractivity contribution in [2.75, 3.05) is 14.2 Å². The smallest absolute Gasteiger partial charge is 0.281 e. The normalized spacial score (nSPS) is 11.1. The minimum Gasteiger partial charge on any atom is -0.497 e. The summed E-state index contributed by atoms with van der Waals surface area (Å²) in [6, 6.07) is 18.1. The van der Waals surface area contributed by atoms with Gasteiger partial charge in [0.15, 0.2) is 5.65 Å². The molecule has 9 nitrogen and oxygen atoms in total. The molecule has 3 aromatic carbocycles. The van der Waals surface area contributed by atoms with E-state index in [1.54, 1.807) is 49.1 Å². The quantitative estimate of drug-likeness (QED) is 0.394. The number of carbonyl (C=O) groups excluding carboxylic acids is 1. The summed E-state index contributed by atoms with van der Waals surface area (Å²) in [6.07, 6.45) is 0. The molecule has 1 amide bonds. The number of ether oxygens (including phenoxy) is 2. The van der Waals surface area contributed by atoms with Gasteiger partial charge in [-0.3, -0.25) is 9.59 Å². The number of amides is 1. The summed E-state index contributed by atoms with van der Waals surface area (Å²) in [5.74, 6) is 1.01. The molecule has 5 aromatic rings. The average Bonchev–Trinajstić information content (AvgIpc) is 3.30. The maximum atomic E-state index is 13.0. The fraction of sp³-hybridized carbons (Fsp3) is 0.154. The Kier molecular flexibility index (Phi) is 5.66. The number of aryl methyl sites for hydroxylation is 1. The van der Waals surface area contributed by atoms with Gasteiger partial charge in [0.05, 0.1) is 25.1 Å². The summed E-state index contributed by atoms with van der Waals surface area (Å²) < 4.78 is 12.3. The third-order valence-corrected chi connectivity index (χ3v) is 5.84. The molecule has 0 aliphatic heterocycles. The summed E-state index contributed by atoms with van der Waals surface area (Å²) in [5.41, 5.74) is 4.17. The SMILES string of the molecule is COc1ccc(OC)c(CNC(=O)c2ccc3c(=O)nc4c(-c5cccc(C)c5)n[nH]n4c3c2)c1. The van der Waals surface area contributed by atoms with Gasteiger partial charge in [0.2, 0.25) is 0 Å². The molecular weight excluding hydrogens is 446 g/mol. The molecule has 5 rings (SSSR count). The molecule has 0 saturated heterocycles. The predicted molar refractivity (Wildman–Crippen MR) is 132 cm³/mol. The number of rotatable bonds is 6. The van der Waals surface area contributed by atoms with Crippen LogP contribution in [0.1, 0.15) is 21.5 Å². The fourth-order valence-electron chi connectivity index (χ4n) is 4.05. The molecule has 0 spiro atoms. The second-order valence-corrected chi connectivity index (χ2v) is 8.10. The Balaban J connectivity index is 1.51. The van der Waals surface area contributed by atoms with Crippen LogP contribution in [0.15, 0.2) is 65.5 Å². The highest BCUT2D eigenvalue weighted by atomic mass is 16.5. The first-order chi connectivity index (χ1) is 17.0. The van der Waals surface area contributed by atoms with Crippen LogP contribution in [-0.2, 0) is 6.54 Å². The van der Waals surface area contributed by atoms with E-state index in [0.29, 0.717) is 39.3 Å². The summed E-state index contributed by atoms with van der Waals surface area (Å²) in [6.45, 7) is 2.23. The Morgan fingerprint density at radius 3 is 2.69 bits per heavy atom. The second-order valence-electron chi connectivity index (χ2n) is 8.10. The van der Waals surface area contributed by atoms with Crippen molar-refractivity contribution in [2.45, 2.75) is 13.5 Å². The first-order valence-electron chi connectivity index (χ1n) is 11.0. The van der Waals surface area contributed by atoms with E-state index < -0.39 is 0 Å². The number of hydrogen-bond acceptors (Lipinski definition) is 6. The lowest BCUT2D eigenvalue weighted by Crippen LogP contribution is -2.23. The number of aromatic amines is 1. The number of methoxy groups -OCH3 is 2. The number of benzene rings is 3. The van der Waals surface area contributed by atoms with Gasteiger partial charge in [-0.15, -0.1) is 0 Å². The molecule has 2 heterocycles. The first kappa shape index (κ1) is 22.1. The summed E-state index contributed by atoms with van der Waals surface area (Å²) in [5, 5.41) is 10.6. The Bertz CT molecular complexity index is 1640. The minimum absolute atomic E-state index is 0.241. The van der Waals surface area contributed by atoms with Crippen LogP contribution in [0.4, 0.5) is 0 Å². The topological polar surface area (TPSA) is 111 Å². The van der Waals surface area contributed by atoms with Crippen molar-refractivity contribution in [3.63, 3.8) is 0 Å². The van der Waals surface area contributed by atoms with Crippen LogP contribution in [0.5, 0.6) is 11.5 Å². The Morgan fingerprint density at radius 2 is 1.91 bits per heavy atom. The van der Waals surface area contributed by atoms with Crippen LogP contribution in [0.25, 0.3) is 27.8 Å². The molecule has 0 fully saturated rings. The van der Waals surface area contributed by atoms with Gasteiger partial charge in [0, 0.05) is 23.2 Å². The lowest BCUT2D eigenvalue weighted by molar-refractivity contribution is 0.0950. The van der Waals surface area contributed by atoms with Gasteiger partial charge in [-0.1, -0.05) is 23.8 Å². The number of nitrogens with one attached hydrogen (secondary N) is 2. The van der Waals surface area contributed by atoms with E-state index in [4.69, 9.17) is 9.47 Å². The van der Waals surface area contributed by atoms with E-state index in [1.165, 1.54) is 0 Å². The number of fused-ring (bicyclic) bond motifs is 3. The van der Waals surface area contributed by atoms with Gasteiger partial charge >= 0.3 is 0 Å². The molecule has 35 heavy (non-hydrogen) atoms. The minimum atomic E-state index is -0.386. The van der Waals surface area contributed by atoms with E-state index >= 15 is 0 Å². The highest BCUT2D eigenvalue weighted by Gasteiger charge is 2.16. The third kappa shape index (κ3) is 4.08. The fourth-order valence-corrected chi connectivity index (χ4v) is 4.05. The zero-order valence-electron chi connectivity index (χ0n) is 19.5. The molecule has 0 saturated carbocycles. The van der Waals surface area contributed by atoms with Crippen LogP contribution in [0, 0.1) is 6.92 Å². The van der Waals surface area contributed by atoms with Crippen molar-refractivity contribution >= 4 is 22.5 Å². The van der Waals surface area contributed by atoms with Crippen molar-refractivity contribution in [1.82, 2.24) is 25.1 Å². The van der Waals surface area contributed by atoms with Crippen molar-refractivity contribution in [2.24, 2.45) is 0 Å². The first-order valence-corrected chi connectivity index (χ1v) is 11.0. The van der Waals surface area contributed by atoms with Gasteiger partial charge in [0.25, 0.3) is 11.5 Å². The lowest BCUT2D eigenvalue weighted by Gasteiger charge is -2.12. The van der Waals surface area contributed by atoms with Gasteiger partial charge in [0.1, 0.15) is 17.2 Å². The molecule has 0 bridgehead atoms. The zero-order valence-corrected chi connectivity index (χ0v) is 19.5. The summed E-state index contributed by atoms with van der Waals surface area (Å²) in [7, 11) is 3.15. The maximum absolute atomic E-state index is 13.0. The molecule has 0 atom stereocenters. The van der Waals surface area contributed by atoms with Crippen molar-refractivity contribution in [3.8, 4) is 22.8 Å². The molecular formula is C26H23N5O4. The second kappa shape index (κ2) is 8.94. The average molecular weight is 470 g/mol. The van der Waals surface area contributed by atoms with Crippen LogP contribution >= 0.6 is 0 Å². The number of carbonyl (C=O) groups is 1. The Hall–Kier alpha value is -4.66. The van der Waals surface area contributed by atoms with Crippen molar-refractivity contribution < 1.29 is 14.3 Å². The number of H-pyrrole nitrogens is 1. The molecule has 0 aliphatic rings. The van der Waals surface area contributed by atoms with Crippen molar-refractivity contribution in [3.05, 3.63) is 87.7 Å². The van der Waals surface area contributed by atoms with E-state index in [1.807, 2.05) is 37.3 Å². The van der Waals surface area contributed by atoms with Crippen LogP contribution in [-0.4, -0.2) is 39.9 Å². The number of aromatic nitrogens is 4. The van der Waals surface area contributed by atoms with E-state index in [-0.39, 0.29) is 18.0 Å². The standard InChI is InChI=1S/C26H23N5O4/c1-15-5-4-6-16(11-15)23-24-28-26(33)20-9-7-17(13-21(20)31(24)30-29-23)25(32)27-14-18-12-19(34-2)8-10-22(18)35-3/h4-13,30H,14H2,1-3H3,(H,27,32). The highest BCUT2D eigenvalue weighted by molar-refractivity contribution is 5.98. The highest BCUT2D eigenvalue weighted by Crippen LogP contribution is 2.25.